The third-order valence-corrected chi connectivity index (χ3v) is 5.17. The molecule has 0 aliphatic carbocycles. The van der Waals surface area contributed by atoms with Gasteiger partial charge in [0.15, 0.2) is 0 Å². The Morgan fingerprint density at radius 2 is 2.24 bits per heavy atom. The number of aromatic nitrogens is 4. The van der Waals surface area contributed by atoms with Crippen LogP contribution in [0.25, 0.3) is 0 Å². The van der Waals surface area contributed by atoms with Gasteiger partial charge in [-0.15, -0.1) is 10.2 Å². The summed E-state index contributed by atoms with van der Waals surface area (Å²) in [7, 11) is -3.55. The Balaban J connectivity index is 1.89. The van der Waals surface area contributed by atoms with Crippen molar-refractivity contribution in [3.63, 3.8) is 0 Å². The highest BCUT2D eigenvalue weighted by Crippen LogP contribution is 2.21. The fourth-order valence-corrected chi connectivity index (χ4v) is 3.65. The van der Waals surface area contributed by atoms with Crippen molar-refractivity contribution in [2.45, 2.75) is 24.9 Å². The van der Waals surface area contributed by atoms with Crippen molar-refractivity contribution in [3.05, 3.63) is 30.5 Å². The zero-order valence-corrected chi connectivity index (χ0v) is 12.4. The molecule has 0 fully saturated rings. The smallest absolute Gasteiger partial charge is 0.243 e. The van der Waals surface area contributed by atoms with E-state index in [9.17, 15) is 8.42 Å². The molecule has 112 valence electrons. The minimum absolute atomic E-state index is 0.237. The molecule has 0 amide bonds. The number of anilines is 1. The molecule has 0 radical (unpaired) electrons. The van der Waals surface area contributed by atoms with Crippen LogP contribution in [0.1, 0.15) is 12.7 Å². The molecule has 2 aromatic rings. The predicted octanol–water partition coefficient (Wildman–Crippen LogP) is 0.309. The summed E-state index contributed by atoms with van der Waals surface area (Å²) in [6.45, 7) is 3.82. The summed E-state index contributed by atoms with van der Waals surface area (Å²) in [5, 5.41) is 10.8. The Morgan fingerprint density at radius 3 is 3.05 bits per heavy atom. The first kappa shape index (κ1) is 14.0. The molecule has 3 rings (SSSR count). The number of rotatable bonds is 4. The van der Waals surface area contributed by atoms with Crippen molar-refractivity contribution >= 4 is 15.8 Å². The normalized spacial score (nSPS) is 15.7. The lowest BCUT2D eigenvalue weighted by Crippen LogP contribution is -2.38. The summed E-state index contributed by atoms with van der Waals surface area (Å²) in [5.41, 5.74) is 0. The monoisotopic (exact) mass is 308 g/mol. The van der Waals surface area contributed by atoms with Crippen LogP contribution in [-0.2, 0) is 23.1 Å². The van der Waals surface area contributed by atoms with E-state index in [-0.39, 0.29) is 11.4 Å². The molecule has 1 N–H and O–H groups in total. The molecule has 1 aliphatic rings. The summed E-state index contributed by atoms with van der Waals surface area (Å²) < 4.78 is 28.7. The molecule has 0 spiro atoms. The van der Waals surface area contributed by atoms with Crippen molar-refractivity contribution in [1.82, 2.24) is 24.1 Å². The zero-order chi connectivity index (χ0) is 14.9. The van der Waals surface area contributed by atoms with Gasteiger partial charge in [0.05, 0.1) is 11.4 Å². The van der Waals surface area contributed by atoms with Crippen LogP contribution in [0.2, 0.25) is 0 Å². The minimum atomic E-state index is -3.55. The topological polar surface area (TPSA) is 93.0 Å². The third kappa shape index (κ3) is 2.61. The summed E-state index contributed by atoms with van der Waals surface area (Å²) >= 11 is 0. The van der Waals surface area contributed by atoms with E-state index in [0.717, 1.165) is 0 Å². The molecule has 0 saturated carbocycles. The molecule has 0 atom stereocenters. The van der Waals surface area contributed by atoms with Crippen molar-refractivity contribution < 1.29 is 8.42 Å². The van der Waals surface area contributed by atoms with Crippen LogP contribution in [0.4, 0.5) is 5.82 Å². The lowest BCUT2D eigenvalue weighted by atomic mass is 10.4. The lowest BCUT2D eigenvalue weighted by Gasteiger charge is -2.26. The second-order valence-corrected chi connectivity index (χ2v) is 6.62. The molecule has 21 heavy (non-hydrogen) atoms. The largest absolute Gasteiger partial charge is 0.370 e. The van der Waals surface area contributed by atoms with Gasteiger partial charge >= 0.3 is 0 Å². The average molecular weight is 308 g/mol. The summed E-state index contributed by atoms with van der Waals surface area (Å²) in [4.78, 5) is 4.33. The van der Waals surface area contributed by atoms with E-state index in [1.54, 1.807) is 12.4 Å². The van der Waals surface area contributed by atoms with Crippen molar-refractivity contribution in [2.24, 2.45) is 0 Å². The van der Waals surface area contributed by atoms with E-state index in [1.165, 1.54) is 16.6 Å². The van der Waals surface area contributed by atoms with Gasteiger partial charge in [0.25, 0.3) is 0 Å². The number of hydrogen-bond acceptors (Lipinski definition) is 6. The standard InChI is InChI=1S/C12H16N6O2S/c1-2-13-11-7-10(3-4-14-11)21(19,20)18-6-5-17-9-15-16-12(17)8-18/h3-4,7,9H,2,5-6,8H2,1H3,(H,13,14). The van der Waals surface area contributed by atoms with Gasteiger partial charge in [0, 0.05) is 31.9 Å². The Hall–Kier alpha value is -2.00. The molecular formula is C12H16N6O2S. The first-order valence-corrected chi connectivity index (χ1v) is 8.12. The van der Waals surface area contributed by atoms with Crippen LogP contribution in [0.5, 0.6) is 0 Å². The molecule has 0 bridgehead atoms. The van der Waals surface area contributed by atoms with Gasteiger partial charge in [-0.1, -0.05) is 0 Å². The van der Waals surface area contributed by atoms with Crippen LogP contribution in [0, 0.1) is 0 Å². The Labute approximate surface area is 122 Å². The van der Waals surface area contributed by atoms with Crippen LogP contribution in [0.3, 0.4) is 0 Å². The Morgan fingerprint density at radius 1 is 1.38 bits per heavy atom. The predicted molar refractivity (Wildman–Crippen MR) is 76.0 cm³/mol. The number of nitrogens with zero attached hydrogens (tertiary/aromatic N) is 5. The van der Waals surface area contributed by atoms with Crippen LogP contribution >= 0.6 is 0 Å². The van der Waals surface area contributed by atoms with Gasteiger partial charge in [-0.2, -0.15) is 4.31 Å². The molecule has 3 heterocycles. The molecule has 0 saturated heterocycles. The number of hydrogen-bond donors (Lipinski definition) is 1. The maximum absolute atomic E-state index is 12.7. The fraction of sp³-hybridized carbons (Fsp3) is 0.417. The summed E-state index contributed by atoms with van der Waals surface area (Å²) in [6, 6.07) is 3.06. The van der Waals surface area contributed by atoms with Crippen LogP contribution in [-0.4, -0.2) is 45.6 Å². The second kappa shape index (κ2) is 5.41. The van der Waals surface area contributed by atoms with Gasteiger partial charge in [-0.05, 0) is 13.0 Å². The zero-order valence-electron chi connectivity index (χ0n) is 11.6. The van der Waals surface area contributed by atoms with E-state index in [2.05, 4.69) is 20.5 Å². The minimum Gasteiger partial charge on any atom is -0.370 e. The molecule has 1 aliphatic heterocycles. The van der Waals surface area contributed by atoms with Crippen LogP contribution in [0.15, 0.2) is 29.6 Å². The number of fused-ring (bicyclic) bond motifs is 1. The highest BCUT2D eigenvalue weighted by Gasteiger charge is 2.29. The average Bonchev–Trinajstić information content (AvgIpc) is 2.95. The highest BCUT2D eigenvalue weighted by molar-refractivity contribution is 7.89. The highest BCUT2D eigenvalue weighted by atomic mass is 32.2. The quantitative estimate of drug-likeness (QED) is 0.874. The van der Waals surface area contributed by atoms with Gasteiger partial charge in [0.1, 0.15) is 18.0 Å². The maximum atomic E-state index is 12.7. The maximum Gasteiger partial charge on any atom is 0.243 e. The molecule has 0 unspecified atom stereocenters. The summed E-state index contributed by atoms with van der Waals surface area (Å²) in [6.07, 6.45) is 3.12. The Kier molecular flexibility index (Phi) is 3.60. The first-order chi connectivity index (χ1) is 10.1. The van der Waals surface area contributed by atoms with E-state index in [1.807, 2.05) is 11.5 Å². The molecule has 8 nitrogen and oxygen atoms in total. The summed E-state index contributed by atoms with van der Waals surface area (Å²) in [5.74, 6) is 1.21. The van der Waals surface area contributed by atoms with Crippen molar-refractivity contribution in [2.75, 3.05) is 18.4 Å². The first-order valence-electron chi connectivity index (χ1n) is 6.68. The van der Waals surface area contributed by atoms with Gasteiger partial charge in [0.2, 0.25) is 10.0 Å². The molecule has 2 aromatic heterocycles. The van der Waals surface area contributed by atoms with E-state index >= 15 is 0 Å². The second-order valence-electron chi connectivity index (χ2n) is 4.69. The van der Waals surface area contributed by atoms with Gasteiger partial charge < -0.3 is 9.88 Å². The molecule has 0 aromatic carbocycles. The number of sulfonamides is 1. The molecular weight excluding hydrogens is 292 g/mol. The fourth-order valence-electron chi connectivity index (χ4n) is 2.25. The number of pyridine rings is 1. The van der Waals surface area contributed by atoms with Gasteiger partial charge in [-0.25, -0.2) is 13.4 Å². The third-order valence-electron chi connectivity index (χ3n) is 3.33. The van der Waals surface area contributed by atoms with Crippen LogP contribution < -0.4 is 5.32 Å². The van der Waals surface area contributed by atoms with E-state index in [0.29, 0.717) is 31.3 Å². The van der Waals surface area contributed by atoms with Gasteiger partial charge in [-0.3, -0.25) is 0 Å². The Bertz CT molecular complexity index is 742. The van der Waals surface area contributed by atoms with Crippen molar-refractivity contribution in [1.29, 1.82) is 0 Å². The number of nitrogens with one attached hydrogen (secondary N) is 1. The van der Waals surface area contributed by atoms with Crippen molar-refractivity contribution in [3.8, 4) is 0 Å². The van der Waals surface area contributed by atoms with E-state index in [4.69, 9.17) is 0 Å². The van der Waals surface area contributed by atoms with E-state index < -0.39 is 10.0 Å². The lowest BCUT2D eigenvalue weighted by molar-refractivity contribution is 0.335. The molecule has 9 heteroatoms. The SMILES string of the molecule is CCNc1cc(S(=O)(=O)N2CCn3cnnc3C2)ccn1.